The highest BCUT2D eigenvalue weighted by Gasteiger charge is 2.18. The maximum atomic E-state index is 12.4. The van der Waals surface area contributed by atoms with Crippen LogP contribution in [0.25, 0.3) is 0 Å². The van der Waals surface area contributed by atoms with Crippen LogP contribution in [0, 0.1) is 31.1 Å². The van der Waals surface area contributed by atoms with Gasteiger partial charge < -0.3 is 16.0 Å². The first kappa shape index (κ1) is 21.0. The summed E-state index contributed by atoms with van der Waals surface area (Å²) in [4.78, 5) is 25.4. The highest BCUT2D eigenvalue weighted by atomic mass is 16.1. The summed E-state index contributed by atoms with van der Waals surface area (Å²) >= 11 is 0. The first-order chi connectivity index (χ1) is 14.4. The topological polar surface area (TPSA) is 116 Å². The standard InChI is InChI=1S/C22H25N7O/c1-5-16-9-15(11-23)6-7-18(16)28-19-10-20(25-12-17(19)22(30)24-4)29-21-8-13(2)26-14(3)27-21/h7-10,12,15H,5-6H2,1-4H3,(H,24,30)(H2,25,26,27,28,29). The SMILES string of the molecule is CCC1=CC(C#N)CC=C1Nc1cc(Nc2cc(C)nc(C)n2)ncc1C(=O)NC. The minimum atomic E-state index is -0.237. The molecule has 1 amide bonds. The number of pyridine rings is 1. The highest BCUT2D eigenvalue weighted by Crippen LogP contribution is 2.29. The van der Waals surface area contributed by atoms with Crippen LogP contribution in [0.4, 0.5) is 17.3 Å². The molecule has 3 rings (SSSR count). The molecule has 8 heteroatoms. The number of nitrogens with one attached hydrogen (secondary N) is 3. The Balaban J connectivity index is 1.94. The molecule has 2 aromatic rings. The molecule has 1 atom stereocenters. The van der Waals surface area contributed by atoms with Gasteiger partial charge in [-0.3, -0.25) is 4.79 Å². The zero-order valence-electron chi connectivity index (χ0n) is 17.6. The Morgan fingerprint density at radius 2 is 2.03 bits per heavy atom. The number of hydrogen-bond donors (Lipinski definition) is 3. The molecular weight excluding hydrogens is 378 g/mol. The first-order valence-corrected chi connectivity index (χ1v) is 9.82. The monoisotopic (exact) mass is 403 g/mol. The quantitative estimate of drug-likeness (QED) is 0.672. The molecule has 154 valence electrons. The van der Waals surface area contributed by atoms with Crippen LogP contribution >= 0.6 is 0 Å². The largest absolute Gasteiger partial charge is 0.355 e. The van der Waals surface area contributed by atoms with Crippen molar-refractivity contribution < 1.29 is 4.79 Å². The summed E-state index contributed by atoms with van der Waals surface area (Å²) in [5.41, 5.74) is 3.85. The Bertz CT molecular complexity index is 1050. The number of aromatic nitrogens is 3. The first-order valence-electron chi connectivity index (χ1n) is 9.82. The van der Waals surface area contributed by atoms with Crippen molar-refractivity contribution >= 4 is 23.2 Å². The lowest BCUT2D eigenvalue weighted by Gasteiger charge is -2.21. The summed E-state index contributed by atoms with van der Waals surface area (Å²) in [6, 6.07) is 5.90. The number of amides is 1. The van der Waals surface area contributed by atoms with Gasteiger partial charge in [-0.15, -0.1) is 0 Å². The smallest absolute Gasteiger partial charge is 0.254 e. The summed E-state index contributed by atoms with van der Waals surface area (Å²) < 4.78 is 0. The maximum absolute atomic E-state index is 12.4. The molecule has 0 aliphatic heterocycles. The van der Waals surface area contributed by atoms with Gasteiger partial charge in [0.15, 0.2) is 0 Å². The number of allylic oxidation sites excluding steroid dienone is 3. The van der Waals surface area contributed by atoms with Crippen molar-refractivity contribution in [3.63, 3.8) is 0 Å². The van der Waals surface area contributed by atoms with E-state index in [9.17, 15) is 10.1 Å². The predicted molar refractivity (Wildman–Crippen MR) is 116 cm³/mol. The molecule has 1 aliphatic carbocycles. The third-order valence-corrected chi connectivity index (χ3v) is 4.74. The lowest BCUT2D eigenvalue weighted by Crippen LogP contribution is -2.21. The molecule has 0 radical (unpaired) electrons. The lowest BCUT2D eigenvalue weighted by atomic mass is 9.93. The van der Waals surface area contributed by atoms with E-state index < -0.39 is 0 Å². The van der Waals surface area contributed by atoms with Gasteiger partial charge in [0.25, 0.3) is 5.91 Å². The van der Waals surface area contributed by atoms with E-state index in [0.717, 1.165) is 23.4 Å². The van der Waals surface area contributed by atoms with Gasteiger partial charge in [-0.1, -0.05) is 19.1 Å². The number of carbonyl (C=O) groups is 1. The fourth-order valence-electron chi connectivity index (χ4n) is 3.31. The minimum Gasteiger partial charge on any atom is -0.355 e. The van der Waals surface area contributed by atoms with Crippen molar-refractivity contribution in [2.75, 3.05) is 17.7 Å². The van der Waals surface area contributed by atoms with Crippen LogP contribution in [0.15, 0.2) is 41.8 Å². The Hall–Kier alpha value is -3.73. The number of aryl methyl sites for hydroxylation is 2. The van der Waals surface area contributed by atoms with Gasteiger partial charge in [0.2, 0.25) is 0 Å². The summed E-state index contributed by atoms with van der Waals surface area (Å²) in [7, 11) is 1.58. The molecular formula is C22H25N7O. The summed E-state index contributed by atoms with van der Waals surface area (Å²) in [6.45, 7) is 5.77. The van der Waals surface area contributed by atoms with Crippen LogP contribution in [0.2, 0.25) is 0 Å². The van der Waals surface area contributed by atoms with Crippen molar-refractivity contribution in [3.8, 4) is 6.07 Å². The van der Waals surface area contributed by atoms with Gasteiger partial charge in [-0.05, 0) is 32.3 Å². The van der Waals surface area contributed by atoms with E-state index in [1.165, 1.54) is 6.20 Å². The van der Waals surface area contributed by atoms with Crippen LogP contribution in [0.5, 0.6) is 0 Å². The second-order valence-corrected chi connectivity index (χ2v) is 7.02. The molecule has 0 fully saturated rings. The molecule has 0 saturated heterocycles. The molecule has 0 saturated carbocycles. The number of anilines is 3. The summed E-state index contributed by atoms with van der Waals surface area (Å²) in [6.07, 6.45) is 6.93. The maximum Gasteiger partial charge on any atom is 0.254 e. The average Bonchev–Trinajstić information content (AvgIpc) is 2.73. The van der Waals surface area contributed by atoms with Crippen molar-refractivity contribution in [2.45, 2.75) is 33.6 Å². The molecule has 1 unspecified atom stereocenters. The van der Waals surface area contributed by atoms with E-state index in [1.54, 1.807) is 13.1 Å². The number of rotatable bonds is 6. The molecule has 0 aromatic carbocycles. The van der Waals surface area contributed by atoms with Gasteiger partial charge in [-0.2, -0.15) is 5.26 Å². The van der Waals surface area contributed by atoms with Gasteiger partial charge in [0.05, 0.1) is 23.2 Å². The lowest BCUT2D eigenvalue weighted by molar-refractivity contribution is 0.0963. The molecule has 2 heterocycles. The average molecular weight is 403 g/mol. The van der Waals surface area contributed by atoms with Crippen molar-refractivity contribution in [3.05, 3.63) is 58.8 Å². The summed E-state index contributed by atoms with van der Waals surface area (Å²) in [5.74, 6) is 1.49. The molecule has 2 aromatic heterocycles. The number of nitriles is 1. The molecule has 0 spiro atoms. The molecule has 8 nitrogen and oxygen atoms in total. The van der Waals surface area contributed by atoms with Crippen molar-refractivity contribution in [1.82, 2.24) is 20.3 Å². The van der Waals surface area contributed by atoms with Crippen LogP contribution < -0.4 is 16.0 Å². The molecule has 30 heavy (non-hydrogen) atoms. The molecule has 3 N–H and O–H groups in total. The van der Waals surface area contributed by atoms with Crippen LogP contribution in [0.3, 0.4) is 0 Å². The van der Waals surface area contributed by atoms with E-state index in [0.29, 0.717) is 35.1 Å². The van der Waals surface area contributed by atoms with E-state index in [2.05, 4.69) is 37.0 Å². The number of nitrogens with zero attached hydrogens (tertiary/aromatic N) is 4. The van der Waals surface area contributed by atoms with E-state index >= 15 is 0 Å². The zero-order valence-corrected chi connectivity index (χ0v) is 17.6. The zero-order chi connectivity index (χ0) is 21.7. The Morgan fingerprint density at radius 1 is 1.23 bits per heavy atom. The fraction of sp³-hybridized carbons (Fsp3) is 0.318. The number of hydrogen-bond acceptors (Lipinski definition) is 7. The van der Waals surface area contributed by atoms with Crippen LogP contribution in [-0.4, -0.2) is 27.9 Å². The van der Waals surface area contributed by atoms with Gasteiger partial charge in [0, 0.05) is 36.8 Å². The Kier molecular flexibility index (Phi) is 6.42. The minimum absolute atomic E-state index is 0.122. The molecule has 1 aliphatic rings. The second kappa shape index (κ2) is 9.18. The number of carbonyl (C=O) groups excluding carboxylic acids is 1. The van der Waals surface area contributed by atoms with Gasteiger partial charge >= 0.3 is 0 Å². The normalized spacial score (nSPS) is 15.5. The third-order valence-electron chi connectivity index (χ3n) is 4.74. The second-order valence-electron chi connectivity index (χ2n) is 7.02. The van der Waals surface area contributed by atoms with Crippen molar-refractivity contribution in [2.24, 2.45) is 5.92 Å². The van der Waals surface area contributed by atoms with Gasteiger partial charge in [0.1, 0.15) is 17.5 Å². The van der Waals surface area contributed by atoms with Crippen LogP contribution in [-0.2, 0) is 0 Å². The molecule has 0 bridgehead atoms. The van der Waals surface area contributed by atoms with E-state index in [-0.39, 0.29) is 11.8 Å². The van der Waals surface area contributed by atoms with Gasteiger partial charge in [-0.25, -0.2) is 15.0 Å². The highest BCUT2D eigenvalue weighted by molar-refractivity contribution is 6.00. The third kappa shape index (κ3) is 4.81. The van der Waals surface area contributed by atoms with Crippen LogP contribution in [0.1, 0.15) is 41.6 Å². The summed E-state index contributed by atoms with van der Waals surface area (Å²) in [5, 5.41) is 18.4. The Morgan fingerprint density at radius 3 is 2.70 bits per heavy atom. The van der Waals surface area contributed by atoms with Crippen molar-refractivity contribution in [1.29, 1.82) is 5.26 Å². The Labute approximate surface area is 176 Å². The fourth-order valence-corrected chi connectivity index (χ4v) is 3.31. The van der Waals surface area contributed by atoms with E-state index in [4.69, 9.17) is 0 Å². The predicted octanol–water partition coefficient (Wildman–Crippen LogP) is 3.77. The van der Waals surface area contributed by atoms with E-state index in [1.807, 2.05) is 39.0 Å².